The average Bonchev–Trinajstić information content (AvgIpc) is 3.51. The second-order valence-electron chi connectivity index (χ2n) is 8.09. The molecule has 12 heteroatoms. The van der Waals surface area contributed by atoms with Gasteiger partial charge in [0.05, 0.1) is 23.8 Å². The summed E-state index contributed by atoms with van der Waals surface area (Å²) >= 11 is 6.01. The van der Waals surface area contributed by atoms with E-state index in [9.17, 15) is 18.4 Å². The maximum atomic E-state index is 13.5. The van der Waals surface area contributed by atoms with Crippen LogP contribution in [0, 0.1) is 11.6 Å². The summed E-state index contributed by atoms with van der Waals surface area (Å²) < 4.78 is 26.6. The standard InChI is InChI=1S/C26H18ClF2N7O2/c27-23-11-22(35-26(36-23)33-15-4-6-19(28)20(29)10-15)25(38)31-7-1-2-14-3-5-17-18(9-16-12-30-13-32-16)24(37)34-21(17)8-14/h1-6,8-13H,7H2,(H,30,32)(H,31,38)(H,34,37)(H,33,35,36). The monoisotopic (exact) mass is 533 g/mol. The van der Waals surface area contributed by atoms with Crippen LogP contribution < -0.4 is 16.0 Å². The van der Waals surface area contributed by atoms with Crippen molar-refractivity contribution in [1.82, 2.24) is 25.3 Å². The van der Waals surface area contributed by atoms with E-state index in [4.69, 9.17) is 11.6 Å². The summed E-state index contributed by atoms with van der Waals surface area (Å²) in [5.41, 5.74) is 3.72. The number of aromatic nitrogens is 4. The highest BCUT2D eigenvalue weighted by Crippen LogP contribution is 2.33. The molecule has 0 aliphatic carbocycles. The molecule has 0 atom stereocenters. The quantitative estimate of drug-likeness (QED) is 0.200. The van der Waals surface area contributed by atoms with Gasteiger partial charge in [0.1, 0.15) is 10.8 Å². The lowest BCUT2D eigenvalue weighted by molar-refractivity contribution is -0.110. The molecule has 9 nitrogen and oxygen atoms in total. The van der Waals surface area contributed by atoms with Crippen LogP contribution in [0.5, 0.6) is 0 Å². The van der Waals surface area contributed by atoms with Gasteiger partial charge in [0.2, 0.25) is 5.95 Å². The molecule has 0 saturated carbocycles. The number of halogens is 3. The van der Waals surface area contributed by atoms with Gasteiger partial charge >= 0.3 is 0 Å². The molecule has 190 valence electrons. The van der Waals surface area contributed by atoms with Crippen molar-refractivity contribution < 1.29 is 18.4 Å². The van der Waals surface area contributed by atoms with Crippen molar-refractivity contribution in [3.05, 3.63) is 100 Å². The number of H-pyrrole nitrogens is 1. The third-order valence-corrected chi connectivity index (χ3v) is 5.63. The van der Waals surface area contributed by atoms with E-state index in [0.29, 0.717) is 11.3 Å². The van der Waals surface area contributed by atoms with E-state index in [-0.39, 0.29) is 34.9 Å². The molecular formula is C26H18ClF2N7O2. The van der Waals surface area contributed by atoms with E-state index in [0.717, 1.165) is 29.0 Å². The van der Waals surface area contributed by atoms with Gasteiger partial charge in [-0.25, -0.2) is 23.7 Å². The Labute approximate surface area is 219 Å². The fourth-order valence-electron chi connectivity index (χ4n) is 3.69. The van der Waals surface area contributed by atoms with E-state index in [2.05, 4.69) is 35.9 Å². The second-order valence-corrected chi connectivity index (χ2v) is 8.48. The van der Waals surface area contributed by atoms with Gasteiger partial charge < -0.3 is 20.9 Å². The lowest BCUT2D eigenvalue weighted by atomic mass is 10.0. The molecule has 4 aromatic rings. The van der Waals surface area contributed by atoms with Crippen LogP contribution in [0.15, 0.2) is 61.1 Å². The van der Waals surface area contributed by atoms with Gasteiger partial charge in [0, 0.05) is 35.6 Å². The fourth-order valence-corrected chi connectivity index (χ4v) is 3.87. The topological polar surface area (TPSA) is 125 Å². The highest BCUT2D eigenvalue weighted by atomic mass is 35.5. The van der Waals surface area contributed by atoms with E-state index < -0.39 is 17.5 Å². The number of aromatic amines is 1. The van der Waals surface area contributed by atoms with Crippen LogP contribution in [0.25, 0.3) is 17.7 Å². The van der Waals surface area contributed by atoms with Crippen LogP contribution in [-0.4, -0.2) is 38.3 Å². The Morgan fingerprint density at radius 2 is 1.95 bits per heavy atom. The van der Waals surface area contributed by atoms with Crippen molar-refractivity contribution in [2.24, 2.45) is 0 Å². The molecule has 0 bridgehead atoms. The van der Waals surface area contributed by atoms with Gasteiger partial charge in [0.15, 0.2) is 11.6 Å². The lowest BCUT2D eigenvalue weighted by Gasteiger charge is -2.08. The molecule has 2 amide bonds. The predicted molar refractivity (Wildman–Crippen MR) is 140 cm³/mol. The highest BCUT2D eigenvalue weighted by Gasteiger charge is 2.24. The minimum Gasteiger partial charge on any atom is -0.347 e. The van der Waals surface area contributed by atoms with Gasteiger partial charge in [-0.2, -0.15) is 0 Å². The predicted octanol–water partition coefficient (Wildman–Crippen LogP) is 4.81. The van der Waals surface area contributed by atoms with E-state index in [1.807, 2.05) is 18.2 Å². The van der Waals surface area contributed by atoms with Gasteiger partial charge in [-0.1, -0.05) is 35.9 Å². The molecule has 2 aromatic heterocycles. The van der Waals surface area contributed by atoms with Gasteiger partial charge in [-0.05, 0) is 29.8 Å². The molecule has 4 N–H and O–H groups in total. The first kappa shape index (κ1) is 24.8. The molecule has 1 aliphatic rings. The summed E-state index contributed by atoms with van der Waals surface area (Å²) in [6, 6.07) is 10.0. The number of nitrogens with one attached hydrogen (secondary N) is 4. The highest BCUT2D eigenvalue weighted by molar-refractivity contribution is 6.34. The summed E-state index contributed by atoms with van der Waals surface area (Å²) in [4.78, 5) is 39.9. The molecule has 1 aliphatic heterocycles. The number of carbonyl (C=O) groups is 2. The number of hydrogen-bond donors (Lipinski definition) is 4. The van der Waals surface area contributed by atoms with Gasteiger partial charge in [0.25, 0.3) is 11.8 Å². The smallest absolute Gasteiger partial charge is 0.270 e. The molecule has 0 spiro atoms. The summed E-state index contributed by atoms with van der Waals surface area (Å²) in [5.74, 6) is -2.80. The molecule has 5 rings (SSSR count). The summed E-state index contributed by atoms with van der Waals surface area (Å²) in [6.07, 6.45) is 8.44. The Hall–Kier alpha value is -4.90. The maximum absolute atomic E-state index is 13.5. The molecule has 0 fully saturated rings. The number of nitrogens with zero attached hydrogens (tertiary/aromatic N) is 3. The first-order valence-corrected chi connectivity index (χ1v) is 11.6. The van der Waals surface area contributed by atoms with Crippen molar-refractivity contribution in [3.63, 3.8) is 0 Å². The summed E-state index contributed by atoms with van der Waals surface area (Å²) in [7, 11) is 0. The van der Waals surface area contributed by atoms with E-state index in [1.165, 1.54) is 18.5 Å². The minimum atomic E-state index is -1.04. The molecule has 0 radical (unpaired) electrons. The maximum Gasteiger partial charge on any atom is 0.270 e. The SMILES string of the molecule is O=C1Nc2cc(C=CCNC(=O)c3cc(Cl)nc(Nc4ccc(F)c(F)c4)n3)ccc2C1=Cc1cnc[nH]1. The Kier molecular flexibility index (Phi) is 6.92. The molecule has 0 unspecified atom stereocenters. The van der Waals surface area contributed by atoms with Crippen LogP contribution in [-0.2, 0) is 4.79 Å². The van der Waals surface area contributed by atoms with Crippen molar-refractivity contribution >= 4 is 58.5 Å². The second kappa shape index (κ2) is 10.6. The Bertz CT molecular complexity index is 1600. The number of benzene rings is 2. The van der Waals surface area contributed by atoms with Crippen LogP contribution in [0.3, 0.4) is 0 Å². The van der Waals surface area contributed by atoms with E-state index >= 15 is 0 Å². The number of anilines is 3. The number of fused-ring (bicyclic) bond motifs is 1. The van der Waals surface area contributed by atoms with Gasteiger partial charge in [-0.15, -0.1) is 0 Å². The van der Waals surface area contributed by atoms with E-state index in [1.54, 1.807) is 24.4 Å². The van der Waals surface area contributed by atoms with Crippen LogP contribution in [0.4, 0.5) is 26.1 Å². The minimum absolute atomic E-state index is 0.00749. The van der Waals surface area contributed by atoms with Gasteiger partial charge in [-0.3, -0.25) is 9.59 Å². The molecule has 2 aromatic carbocycles. The third-order valence-electron chi connectivity index (χ3n) is 5.44. The zero-order valence-electron chi connectivity index (χ0n) is 19.4. The first-order valence-electron chi connectivity index (χ1n) is 11.2. The fraction of sp³-hybridized carbons (Fsp3) is 0.0385. The Morgan fingerprint density at radius 3 is 2.74 bits per heavy atom. The third kappa shape index (κ3) is 5.57. The average molecular weight is 534 g/mol. The zero-order valence-corrected chi connectivity index (χ0v) is 20.2. The summed E-state index contributed by atoms with van der Waals surface area (Å²) in [6.45, 7) is 0.181. The van der Waals surface area contributed by atoms with Crippen molar-refractivity contribution in [1.29, 1.82) is 0 Å². The number of carbonyl (C=O) groups excluding carboxylic acids is 2. The first-order chi connectivity index (χ1) is 18.4. The van der Waals surface area contributed by atoms with Crippen molar-refractivity contribution in [2.75, 3.05) is 17.2 Å². The number of hydrogen-bond acceptors (Lipinski definition) is 6. The molecule has 38 heavy (non-hydrogen) atoms. The van der Waals surface area contributed by atoms with Crippen molar-refractivity contribution in [3.8, 4) is 0 Å². The van der Waals surface area contributed by atoms with Crippen molar-refractivity contribution in [2.45, 2.75) is 0 Å². The Balaban J connectivity index is 1.21. The normalized spacial score (nSPS) is 13.6. The zero-order chi connectivity index (χ0) is 26.6. The van der Waals surface area contributed by atoms with Crippen LogP contribution in [0.2, 0.25) is 5.15 Å². The number of imidazole rings is 1. The van der Waals surface area contributed by atoms with Crippen LogP contribution in [0.1, 0.15) is 27.3 Å². The van der Waals surface area contributed by atoms with Crippen LogP contribution >= 0.6 is 11.6 Å². The molecule has 3 heterocycles. The Morgan fingerprint density at radius 1 is 1.08 bits per heavy atom. The molecule has 0 saturated heterocycles. The summed E-state index contributed by atoms with van der Waals surface area (Å²) in [5, 5.41) is 8.22. The largest absolute Gasteiger partial charge is 0.347 e. The lowest BCUT2D eigenvalue weighted by Crippen LogP contribution is -2.24. The number of rotatable bonds is 7. The number of amides is 2. The molecular weight excluding hydrogens is 516 g/mol.